The Morgan fingerprint density at radius 1 is 1.19 bits per heavy atom. The van der Waals surface area contributed by atoms with Crippen molar-refractivity contribution in [1.82, 2.24) is 14.7 Å². The highest BCUT2D eigenvalue weighted by Gasteiger charge is 2.47. The third kappa shape index (κ3) is 3.88. The van der Waals surface area contributed by atoms with E-state index in [-0.39, 0.29) is 11.5 Å². The normalized spacial score (nSPS) is 29.4. The molecule has 26 heavy (non-hydrogen) atoms. The number of anilines is 1. The Labute approximate surface area is 156 Å². The lowest BCUT2D eigenvalue weighted by atomic mass is 9.87. The SMILES string of the molecule is CCc1cc(N2CCC(NS(=O)(=O)CC34CCC(CC3)C4)CC2)ncn1. The summed E-state index contributed by atoms with van der Waals surface area (Å²) in [6.45, 7) is 3.75. The molecular weight excluding hydrogens is 348 g/mol. The van der Waals surface area contributed by atoms with Crippen molar-refractivity contribution in [3.8, 4) is 0 Å². The number of sulfonamides is 1. The van der Waals surface area contributed by atoms with Crippen LogP contribution in [0.4, 0.5) is 5.82 Å². The van der Waals surface area contributed by atoms with Gasteiger partial charge in [0.1, 0.15) is 12.1 Å². The molecule has 3 aliphatic rings. The minimum absolute atomic E-state index is 0.0544. The first-order valence-electron chi connectivity index (χ1n) is 10.0. The fourth-order valence-corrected chi connectivity index (χ4v) is 7.23. The zero-order valence-electron chi connectivity index (χ0n) is 15.7. The van der Waals surface area contributed by atoms with Gasteiger partial charge >= 0.3 is 0 Å². The molecular formula is C19H30N4O2S. The van der Waals surface area contributed by atoms with Crippen LogP contribution >= 0.6 is 0 Å². The molecule has 1 saturated heterocycles. The molecule has 144 valence electrons. The fourth-order valence-electron chi connectivity index (χ4n) is 5.19. The van der Waals surface area contributed by atoms with Gasteiger partial charge < -0.3 is 4.90 Å². The maximum Gasteiger partial charge on any atom is 0.212 e. The molecule has 7 heteroatoms. The molecule has 6 nitrogen and oxygen atoms in total. The molecule has 1 aromatic rings. The molecule has 0 radical (unpaired) electrons. The van der Waals surface area contributed by atoms with Crippen LogP contribution < -0.4 is 9.62 Å². The zero-order chi connectivity index (χ0) is 18.2. The fraction of sp³-hybridized carbons (Fsp3) is 0.789. The molecule has 4 rings (SSSR count). The topological polar surface area (TPSA) is 75.2 Å². The van der Waals surface area contributed by atoms with Crippen LogP contribution in [0.1, 0.15) is 57.6 Å². The van der Waals surface area contributed by atoms with E-state index < -0.39 is 10.0 Å². The standard InChI is InChI=1S/C19H30N4O2S/c1-2-16-11-18(21-14-20-16)23-9-5-17(6-10-23)22-26(24,25)13-19-7-3-15(12-19)4-8-19/h11,14-15,17,22H,2-10,12-13H2,1H3. The Morgan fingerprint density at radius 3 is 2.54 bits per heavy atom. The van der Waals surface area contributed by atoms with Gasteiger partial charge in [-0.1, -0.05) is 6.92 Å². The second kappa shape index (κ2) is 7.08. The lowest BCUT2D eigenvalue weighted by molar-refractivity contribution is 0.331. The van der Waals surface area contributed by atoms with E-state index >= 15 is 0 Å². The van der Waals surface area contributed by atoms with Crippen molar-refractivity contribution in [1.29, 1.82) is 0 Å². The number of aromatic nitrogens is 2. The molecule has 0 amide bonds. The van der Waals surface area contributed by atoms with E-state index in [1.165, 1.54) is 12.8 Å². The Morgan fingerprint density at radius 2 is 1.92 bits per heavy atom. The summed E-state index contributed by atoms with van der Waals surface area (Å²) < 4.78 is 28.5. The van der Waals surface area contributed by atoms with Crippen LogP contribution in [0.5, 0.6) is 0 Å². The van der Waals surface area contributed by atoms with Crippen molar-refractivity contribution in [3.05, 3.63) is 18.1 Å². The molecule has 0 unspecified atom stereocenters. The van der Waals surface area contributed by atoms with Gasteiger partial charge in [0.25, 0.3) is 0 Å². The molecule has 2 bridgehead atoms. The summed E-state index contributed by atoms with van der Waals surface area (Å²) in [5.74, 6) is 2.08. The Hall–Kier alpha value is -1.21. The Bertz CT molecular complexity index is 736. The number of rotatable bonds is 6. The molecule has 0 spiro atoms. The quantitative estimate of drug-likeness (QED) is 0.823. The molecule has 2 aliphatic carbocycles. The minimum atomic E-state index is -3.20. The van der Waals surface area contributed by atoms with Gasteiger partial charge in [-0.25, -0.2) is 23.1 Å². The largest absolute Gasteiger partial charge is 0.356 e. The molecule has 0 atom stereocenters. The number of piperidine rings is 1. The van der Waals surface area contributed by atoms with Crippen LogP contribution in [0.2, 0.25) is 0 Å². The minimum Gasteiger partial charge on any atom is -0.356 e. The number of nitrogens with one attached hydrogen (secondary N) is 1. The number of nitrogens with zero attached hydrogens (tertiary/aromatic N) is 3. The second-order valence-corrected chi connectivity index (χ2v) is 10.3. The monoisotopic (exact) mass is 378 g/mol. The average molecular weight is 379 g/mol. The van der Waals surface area contributed by atoms with Gasteiger partial charge in [-0.15, -0.1) is 0 Å². The summed E-state index contributed by atoms with van der Waals surface area (Å²) in [4.78, 5) is 10.9. The summed E-state index contributed by atoms with van der Waals surface area (Å²) in [5.41, 5.74) is 1.12. The van der Waals surface area contributed by atoms with Gasteiger partial charge in [-0.3, -0.25) is 0 Å². The van der Waals surface area contributed by atoms with Crippen LogP contribution in [0, 0.1) is 11.3 Å². The van der Waals surface area contributed by atoms with E-state index in [0.29, 0.717) is 5.75 Å². The van der Waals surface area contributed by atoms with Crippen LogP contribution in [-0.2, 0) is 16.4 Å². The number of aryl methyl sites for hydroxylation is 1. The molecule has 3 fully saturated rings. The van der Waals surface area contributed by atoms with E-state index in [9.17, 15) is 8.42 Å². The van der Waals surface area contributed by atoms with Crippen LogP contribution in [0.25, 0.3) is 0 Å². The van der Waals surface area contributed by atoms with Gasteiger partial charge in [-0.2, -0.15) is 0 Å². The van der Waals surface area contributed by atoms with Crippen molar-refractivity contribution >= 4 is 15.8 Å². The number of hydrogen-bond acceptors (Lipinski definition) is 5. The molecule has 1 aliphatic heterocycles. The van der Waals surface area contributed by atoms with Crippen LogP contribution in [0.15, 0.2) is 12.4 Å². The Balaban J connectivity index is 1.32. The van der Waals surface area contributed by atoms with Crippen molar-refractivity contribution < 1.29 is 8.42 Å². The van der Waals surface area contributed by atoms with Gasteiger partial charge in [0, 0.05) is 30.9 Å². The summed E-state index contributed by atoms with van der Waals surface area (Å²) >= 11 is 0. The van der Waals surface area contributed by atoms with Gasteiger partial charge in [0.15, 0.2) is 0 Å². The lowest BCUT2D eigenvalue weighted by Crippen LogP contribution is -2.47. The number of fused-ring (bicyclic) bond motifs is 2. The first-order chi connectivity index (χ1) is 12.5. The first kappa shape index (κ1) is 18.2. The van der Waals surface area contributed by atoms with E-state index in [4.69, 9.17) is 0 Å². The first-order valence-corrected chi connectivity index (χ1v) is 11.7. The molecule has 1 N–H and O–H groups in total. The van der Waals surface area contributed by atoms with Gasteiger partial charge in [0.05, 0.1) is 5.75 Å². The predicted molar refractivity (Wildman–Crippen MR) is 103 cm³/mol. The van der Waals surface area contributed by atoms with E-state index in [0.717, 1.165) is 69.0 Å². The van der Waals surface area contributed by atoms with Gasteiger partial charge in [0.2, 0.25) is 10.0 Å². The summed E-state index contributed by atoms with van der Waals surface area (Å²) in [6, 6.07) is 2.10. The van der Waals surface area contributed by atoms with Crippen LogP contribution in [-0.4, -0.2) is 43.3 Å². The lowest BCUT2D eigenvalue weighted by Gasteiger charge is -2.34. The highest BCUT2D eigenvalue weighted by Crippen LogP contribution is 2.54. The van der Waals surface area contributed by atoms with Crippen LogP contribution in [0.3, 0.4) is 0 Å². The third-order valence-corrected chi connectivity index (χ3v) is 8.31. The van der Waals surface area contributed by atoms with E-state index in [2.05, 4.69) is 26.5 Å². The summed E-state index contributed by atoms with van der Waals surface area (Å²) in [5, 5.41) is 0. The van der Waals surface area contributed by atoms with E-state index in [1.807, 2.05) is 6.07 Å². The van der Waals surface area contributed by atoms with Crippen molar-refractivity contribution in [2.75, 3.05) is 23.7 Å². The zero-order valence-corrected chi connectivity index (χ0v) is 16.5. The second-order valence-electron chi connectivity index (χ2n) is 8.51. The Kier molecular flexibility index (Phi) is 4.94. The highest BCUT2D eigenvalue weighted by molar-refractivity contribution is 7.89. The van der Waals surface area contributed by atoms with Crippen molar-refractivity contribution in [2.45, 2.75) is 64.3 Å². The highest BCUT2D eigenvalue weighted by atomic mass is 32.2. The summed E-state index contributed by atoms with van der Waals surface area (Å²) in [6.07, 6.45) is 9.97. The molecule has 1 aromatic heterocycles. The van der Waals surface area contributed by atoms with Crippen molar-refractivity contribution in [3.63, 3.8) is 0 Å². The predicted octanol–water partition coefficient (Wildman–Crippen LogP) is 2.51. The molecule has 0 aromatic carbocycles. The maximum absolute atomic E-state index is 12.7. The van der Waals surface area contributed by atoms with Gasteiger partial charge in [-0.05, 0) is 62.7 Å². The maximum atomic E-state index is 12.7. The van der Waals surface area contributed by atoms with Crippen molar-refractivity contribution in [2.24, 2.45) is 11.3 Å². The molecule has 2 saturated carbocycles. The average Bonchev–Trinajstić information content (AvgIpc) is 3.21. The third-order valence-electron chi connectivity index (χ3n) is 6.62. The summed E-state index contributed by atoms with van der Waals surface area (Å²) in [7, 11) is -3.20. The number of hydrogen-bond donors (Lipinski definition) is 1. The molecule has 2 heterocycles. The van der Waals surface area contributed by atoms with E-state index in [1.54, 1.807) is 6.33 Å². The smallest absolute Gasteiger partial charge is 0.212 e.